The normalized spacial score (nSPS) is 20.1. The Balaban J connectivity index is 1.60. The number of ether oxygens (including phenoxy) is 1. The van der Waals surface area contributed by atoms with E-state index in [-0.39, 0.29) is 0 Å². The second kappa shape index (κ2) is 14.2. The smallest absolute Gasteiger partial charge is 0.0825 e. The van der Waals surface area contributed by atoms with Crippen molar-refractivity contribution in [3.63, 3.8) is 0 Å². The molecule has 1 heteroatoms. The van der Waals surface area contributed by atoms with Gasteiger partial charge < -0.3 is 4.74 Å². The maximum Gasteiger partial charge on any atom is 0.0825 e. The van der Waals surface area contributed by atoms with Crippen molar-refractivity contribution in [1.82, 2.24) is 0 Å². The van der Waals surface area contributed by atoms with Gasteiger partial charge in [-0.05, 0) is 49.1 Å². The fourth-order valence-electron chi connectivity index (χ4n) is 4.34. The van der Waals surface area contributed by atoms with E-state index in [0.717, 1.165) is 12.5 Å². The van der Waals surface area contributed by atoms with E-state index in [2.05, 4.69) is 38.1 Å². The van der Waals surface area contributed by atoms with E-state index in [9.17, 15) is 0 Å². The molecule has 1 fully saturated rings. The molecule has 2 rings (SSSR count). The van der Waals surface area contributed by atoms with Crippen LogP contribution in [0.2, 0.25) is 0 Å². The Hall–Kier alpha value is -0.820. The highest BCUT2D eigenvalue weighted by Crippen LogP contribution is 2.33. The molecule has 1 nitrogen and oxygen atoms in total. The zero-order valence-electron chi connectivity index (χ0n) is 18.2. The van der Waals surface area contributed by atoms with Gasteiger partial charge in [-0.25, -0.2) is 0 Å². The van der Waals surface area contributed by atoms with E-state index >= 15 is 0 Å². The van der Waals surface area contributed by atoms with Crippen LogP contribution in [-0.2, 0) is 11.2 Å². The number of unbranched alkanes of at least 4 members (excludes halogenated alkanes) is 9. The molecule has 0 saturated carbocycles. The van der Waals surface area contributed by atoms with Crippen molar-refractivity contribution in [1.29, 1.82) is 0 Å². The van der Waals surface area contributed by atoms with Gasteiger partial charge in [-0.15, -0.1) is 0 Å². The third-order valence-corrected chi connectivity index (χ3v) is 6.26. The quantitative estimate of drug-likeness (QED) is 0.298. The van der Waals surface area contributed by atoms with Gasteiger partial charge in [0, 0.05) is 0 Å². The van der Waals surface area contributed by atoms with Gasteiger partial charge in [0.15, 0.2) is 0 Å². The number of aryl methyl sites for hydroxylation is 1. The third-order valence-electron chi connectivity index (χ3n) is 6.26. The van der Waals surface area contributed by atoms with Crippen LogP contribution in [0.15, 0.2) is 24.3 Å². The Morgan fingerprint density at radius 3 is 2.00 bits per heavy atom. The summed E-state index contributed by atoms with van der Waals surface area (Å²) in [6, 6.07) is 9.32. The molecule has 0 spiro atoms. The van der Waals surface area contributed by atoms with Gasteiger partial charge >= 0.3 is 0 Å². The monoisotopic (exact) mass is 372 g/mol. The lowest BCUT2D eigenvalue weighted by Crippen LogP contribution is -2.20. The van der Waals surface area contributed by atoms with E-state index in [1.165, 1.54) is 107 Å². The number of hydrogen-bond acceptors (Lipinski definition) is 1. The van der Waals surface area contributed by atoms with Crippen LogP contribution in [0, 0.1) is 5.92 Å². The molecular formula is C26H44O. The van der Waals surface area contributed by atoms with E-state index in [1.54, 1.807) is 0 Å². The van der Waals surface area contributed by atoms with Crippen LogP contribution in [0.25, 0.3) is 0 Å². The average Bonchev–Trinajstić information content (AvgIpc) is 2.71. The molecular weight excluding hydrogens is 328 g/mol. The fraction of sp³-hybridized carbons (Fsp3) is 0.769. The summed E-state index contributed by atoms with van der Waals surface area (Å²) in [5, 5.41) is 0. The summed E-state index contributed by atoms with van der Waals surface area (Å²) in [7, 11) is 0. The summed E-state index contributed by atoms with van der Waals surface area (Å²) in [5.41, 5.74) is 2.89. The van der Waals surface area contributed by atoms with Crippen molar-refractivity contribution < 1.29 is 4.74 Å². The van der Waals surface area contributed by atoms with E-state index < -0.39 is 0 Å². The number of rotatable bonds is 14. The molecule has 0 aromatic heterocycles. The standard InChI is InChI=1S/C26H44O/c1-3-5-7-9-11-12-14-23-16-19-25(20-17-23)26-21-18-24(22-27-26)15-13-10-8-6-4-2/h16-17,19-20,24,26H,3-15,18,21-22H2,1-2H3. The van der Waals surface area contributed by atoms with Crippen LogP contribution in [0.1, 0.15) is 121 Å². The summed E-state index contributed by atoms with van der Waals surface area (Å²) in [6.45, 7) is 5.54. The van der Waals surface area contributed by atoms with E-state index in [1.807, 2.05) is 0 Å². The minimum atomic E-state index is 0.337. The molecule has 1 aliphatic rings. The predicted molar refractivity (Wildman–Crippen MR) is 118 cm³/mol. The van der Waals surface area contributed by atoms with Gasteiger partial charge in [0.05, 0.1) is 12.7 Å². The molecule has 2 atom stereocenters. The van der Waals surface area contributed by atoms with Crippen LogP contribution in [0.3, 0.4) is 0 Å². The van der Waals surface area contributed by atoms with Gasteiger partial charge in [0.1, 0.15) is 0 Å². The Bertz CT molecular complexity index is 456. The van der Waals surface area contributed by atoms with Crippen LogP contribution < -0.4 is 0 Å². The Morgan fingerprint density at radius 2 is 1.37 bits per heavy atom. The molecule has 1 heterocycles. The van der Waals surface area contributed by atoms with Crippen molar-refractivity contribution in [2.45, 2.75) is 116 Å². The van der Waals surface area contributed by atoms with E-state index in [4.69, 9.17) is 4.74 Å². The first kappa shape index (κ1) is 22.5. The van der Waals surface area contributed by atoms with Crippen LogP contribution in [0.5, 0.6) is 0 Å². The van der Waals surface area contributed by atoms with Crippen LogP contribution in [-0.4, -0.2) is 6.61 Å². The summed E-state index contributed by atoms with van der Waals surface area (Å²) in [6.07, 6.45) is 20.7. The maximum atomic E-state index is 6.23. The van der Waals surface area contributed by atoms with E-state index in [0.29, 0.717) is 6.10 Å². The topological polar surface area (TPSA) is 9.23 Å². The summed E-state index contributed by atoms with van der Waals surface area (Å²) < 4.78 is 6.23. The Kier molecular flexibility index (Phi) is 11.8. The molecule has 0 N–H and O–H groups in total. The van der Waals surface area contributed by atoms with Gasteiger partial charge in [-0.1, -0.05) is 102 Å². The highest BCUT2D eigenvalue weighted by Gasteiger charge is 2.22. The van der Waals surface area contributed by atoms with Crippen molar-refractivity contribution >= 4 is 0 Å². The lowest BCUT2D eigenvalue weighted by molar-refractivity contribution is -0.0199. The fourth-order valence-corrected chi connectivity index (χ4v) is 4.34. The Morgan fingerprint density at radius 1 is 0.741 bits per heavy atom. The lowest BCUT2D eigenvalue weighted by atomic mass is 9.90. The second-order valence-corrected chi connectivity index (χ2v) is 8.73. The van der Waals surface area contributed by atoms with Crippen LogP contribution in [0.4, 0.5) is 0 Å². The second-order valence-electron chi connectivity index (χ2n) is 8.73. The summed E-state index contributed by atoms with van der Waals surface area (Å²) >= 11 is 0. The maximum absolute atomic E-state index is 6.23. The Labute approximate surface area is 169 Å². The molecule has 1 aromatic rings. The molecule has 0 bridgehead atoms. The van der Waals surface area contributed by atoms with Crippen molar-refractivity contribution in [2.24, 2.45) is 5.92 Å². The molecule has 0 aliphatic carbocycles. The van der Waals surface area contributed by atoms with Crippen molar-refractivity contribution in [2.75, 3.05) is 6.61 Å². The minimum absolute atomic E-state index is 0.337. The average molecular weight is 373 g/mol. The molecule has 1 aliphatic heterocycles. The van der Waals surface area contributed by atoms with Gasteiger partial charge in [-0.2, -0.15) is 0 Å². The first-order valence-electron chi connectivity index (χ1n) is 12.0. The molecule has 1 aromatic carbocycles. The van der Waals surface area contributed by atoms with Gasteiger partial charge in [0.25, 0.3) is 0 Å². The molecule has 27 heavy (non-hydrogen) atoms. The SMILES string of the molecule is CCCCCCCCc1ccc(C2CCC(CCCCCCC)CO2)cc1. The van der Waals surface area contributed by atoms with Gasteiger partial charge in [-0.3, -0.25) is 0 Å². The molecule has 0 radical (unpaired) electrons. The molecule has 154 valence electrons. The highest BCUT2D eigenvalue weighted by atomic mass is 16.5. The molecule has 1 saturated heterocycles. The number of hydrogen-bond donors (Lipinski definition) is 0. The van der Waals surface area contributed by atoms with Crippen molar-refractivity contribution in [3.05, 3.63) is 35.4 Å². The first-order valence-corrected chi connectivity index (χ1v) is 12.0. The lowest BCUT2D eigenvalue weighted by Gasteiger charge is -2.29. The van der Waals surface area contributed by atoms with Crippen molar-refractivity contribution in [3.8, 4) is 0 Å². The largest absolute Gasteiger partial charge is 0.373 e. The highest BCUT2D eigenvalue weighted by molar-refractivity contribution is 5.24. The minimum Gasteiger partial charge on any atom is -0.373 e. The first-order chi connectivity index (χ1) is 13.3. The zero-order chi connectivity index (χ0) is 19.2. The molecule has 2 unspecified atom stereocenters. The zero-order valence-corrected chi connectivity index (χ0v) is 18.2. The van der Waals surface area contributed by atoms with Crippen LogP contribution >= 0.6 is 0 Å². The number of benzene rings is 1. The summed E-state index contributed by atoms with van der Waals surface area (Å²) in [5.74, 6) is 0.801. The molecule has 0 amide bonds. The predicted octanol–water partition coefficient (Wildman–Crippen LogP) is 8.42. The third kappa shape index (κ3) is 9.28. The summed E-state index contributed by atoms with van der Waals surface area (Å²) in [4.78, 5) is 0. The van der Waals surface area contributed by atoms with Gasteiger partial charge in [0.2, 0.25) is 0 Å².